The van der Waals surface area contributed by atoms with E-state index in [1.54, 1.807) is 0 Å². The predicted octanol–water partition coefficient (Wildman–Crippen LogP) is 10.6. The molecule has 0 heterocycles. The normalized spacial score (nSPS) is 11.8. The minimum atomic E-state index is 0.0512. The van der Waals surface area contributed by atoms with E-state index in [9.17, 15) is 0 Å². The van der Waals surface area contributed by atoms with Crippen LogP contribution in [0.3, 0.4) is 0 Å². The number of hydrogen-bond acceptors (Lipinski definition) is 0. The summed E-state index contributed by atoms with van der Waals surface area (Å²) in [6.07, 6.45) is 21.8. The lowest BCUT2D eigenvalue weighted by atomic mass is 9.77. The van der Waals surface area contributed by atoms with Crippen LogP contribution in [-0.4, -0.2) is 0 Å². The van der Waals surface area contributed by atoms with Crippen molar-refractivity contribution < 1.29 is 0 Å². The van der Waals surface area contributed by atoms with E-state index in [0.29, 0.717) is 0 Å². The third-order valence-corrected chi connectivity index (χ3v) is 7.49. The second-order valence-corrected chi connectivity index (χ2v) is 10.8. The van der Waals surface area contributed by atoms with Gasteiger partial charge < -0.3 is 0 Å². The number of benzene rings is 2. The van der Waals surface area contributed by atoms with Crippen molar-refractivity contribution in [2.45, 2.75) is 136 Å². The van der Waals surface area contributed by atoms with Crippen LogP contribution in [0.2, 0.25) is 0 Å². The molecule has 0 atom stereocenters. The summed E-state index contributed by atoms with van der Waals surface area (Å²) in [6, 6.07) is 18.9. The number of aryl methyl sites for hydroxylation is 2. The fraction of sp³-hybridized carbons (Fsp3) is 0.636. The Kier molecular flexibility index (Phi) is 13.5. The van der Waals surface area contributed by atoms with E-state index in [-0.39, 0.29) is 5.41 Å². The molecule has 0 nitrogen and oxygen atoms in total. The first kappa shape index (κ1) is 27.7. The third kappa shape index (κ3) is 10.5. The summed E-state index contributed by atoms with van der Waals surface area (Å²) in [5.74, 6) is 0. The van der Waals surface area contributed by atoms with E-state index in [1.807, 2.05) is 0 Å². The van der Waals surface area contributed by atoms with Crippen LogP contribution < -0.4 is 0 Å². The lowest BCUT2D eigenvalue weighted by molar-refractivity contribution is 0.589. The highest BCUT2D eigenvalue weighted by atomic mass is 14.3. The number of rotatable bonds is 18. The molecule has 0 saturated heterocycles. The maximum Gasteiger partial charge on any atom is 0.0146 e. The van der Waals surface area contributed by atoms with Crippen molar-refractivity contribution in [3.05, 3.63) is 70.8 Å². The molecule has 0 spiro atoms. The summed E-state index contributed by atoms with van der Waals surface area (Å²) >= 11 is 0. The minimum absolute atomic E-state index is 0.0512. The molecule has 0 saturated carbocycles. The Labute approximate surface area is 206 Å². The molecular formula is C33H52. The Morgan fingerprint density at radius 3 is 1.06 bits per heavy atom. The molecule has 0 N–H and O–H groups in total. The van der Waals surface area contributed by atoms with E-state index in [1.165, 1.54) is 125 Å². The molecule has 0 aliphatic rings. The van der Waals surface area contributed by atoms with Crippen LogP contribution in [0, 0.1) is 0 Å². The van der Waals surface area contributed by atoms with Gasteiger partial charge in [-0.25, -0.2) is 0 Å². The molecule has 0 aliphatic heterocycles. The van der Waals surface area contributed by atoms with Crippen LogP contribution in [-0.2, 0) is 18.3 Å². The van der Waals surface area contributed by atoms with E-state index < -0.39 is 0 Å². The van der Waals surface area contributed by atoms with Gasteiger partial charge in [-0.3, -0.25) is 0 Å². The molecule has 0 heteroatoms. The molecule has 33 heavy (non-hydrogen) atoms. The van der Waals surface area contributed by atoms with Crippen molar-refractivity contribution in [3.63, 3.8) is 0 Å². The Morgan fingerprint density at radius 2 is 0.727 bits per heavy atom. The summed E-state index contributed by atoms with van der Waals surface area (Å²) in [6.45, 7) is 9.31. The molecule has 0 aromatic heterocycles. The first-order chi connectivity index (χ1) is 16.1. The smallest absolute Gasteiger partial charge is 0.0146 e. The molecule has 0 bridgehead atoms. The number of unbranched alkanes of at least 4 members (excludes halogenated alkanes) is 12. The Morgan fingerprint density at radius 1 is 0.424 bits per heavy atom. The lowest BCUT2D eigenvalue weighted by Gasteiger charge is -2.26. The summed E-state index contributed by atoms with van der Waals surface area (Å²) in [4.78, 5) is 0. The maximum absolute atomic E-state index is 2.36. The zero-order valence-corrected chi connectivity index (χ0v) is 22.4. The standard InChI is InChI=1S/C33H52/c1-5-7-9-11-13-15-17-19-29-21-25-31(26-22-29)33(3,4)32-27-23-30(24-28-32)20-18-16-14-12-10-8-6-2/h21-28H,5-20H2,1-4H3. The van der Waals surface area contributed by atoms with E-state index >= 15 is 0 Å². The molecule has 0 amide bonds. The molecule has 0 unspecified atom stereocenters. The van der Waals surface area contributed by atoms with Crippen molar-refractivity contribution in [1.29, 1.82) is 0 Å². The van der Waals surface area contributed by atoms with Crippen LogP contribution in [0.25, 0.3) is 0 Å². The van der Waals surface area contributed by atoms with Crippen molar-refractivity contribution >= 4 is 0 Å². The Bertz CT molecular complexity index is 656. The van der Waals surface area contributed by atoms with Gasteiger partial charge in [0.05, 0.1) is 0 Å². The van der Waals surface area contributed by atoms with Gasteiger partial charge >= 0.3 is 0 Å². The van der Waals surface area contributed by atoms with Gasteiger partial charge in [0.1, 0.15) is 0 Å². The zero-order valence-electron chi connectivity index (χ0n) is 22.4. The average molecular weight is 449 g/mol. The highest BCUT2D eigenvalue weighted by molar-refractivity contribution is 5.39. The van der Waals surface area contributed by atoms with Crippen LogP contribution in [0.1, 0.15) is 140 Å². The topological polar surface area (TPSA) is 0 Å². The van der Waals surface area contributed by atoms with Gasteiger partial charge in [-0.05, 0) is 47.9 Å². The highest BCUT2D eigenvalue weighted by Gasteiger charge is 2.22. The first-order valence-corrected chi connectivity index (χ1v) is 14.3. The van der Waals surface area contributed by atoms with E-state index in [2.05, 4.69) is 76.2 Å². The summed E-state index contributed by atoms with van der Waals surface area (Å²) in [5, 5.41) is 0. The van der Waals surface area contributed by atoms with Crippen molar-refractivity contribution in [2.75, 3.05) is 0 Å². The van der Waals surface area contributed by atoms with Gasteiger partial charge in [-0.2, -0.15) is 0 Å². The lowest BCUT2D eigenvalue weighted by Crippen LogP contribution is -2.18. The van der Waals surface area contributed by atoms with Gasteiger partial charge in [0.2, 0.25) is 0 Å². The van der Waals surface area contributed by atoms with Crippen molar-refractivity contribution in [3.8, 4) is 0 Å². The SMILES string of the molecule is CCCCCCCCCc1ccc(C(C)(C)c2ccc(CCCCCCCCC)cc2)cc1. The molecular weight excluding hydrogens is 396 g/mol. The second kappa shape index (κ2) is 16.1. The largest absolute Gasteiger partial charge is 0.0654 e. The minimum Gasteiger partial charge on any atom is -0.0654 e. The molecule has 184 valence electrons. The quantitative estimate of drug-likeness (QED) is 0.199. The predicted molar refractivity (Wildman–Crippen MR) is 148 cm³/mol. The van der Waals surface area contributed by atoms with Crippen molar-refractivity contribution in [2.24, 2.45) is 0 Å². The Balaban J connectivity index is 1.76. The molecule has 0 fully saturated rings. The average Bonchev–Trinajstić information content (AvgIpc) is 2.83. The maximum atomic E-state index is 2.36. The molecule has 2 aromatic rings. The molecule has 0 radical (unpaired) electrons. The van der Waals surface area contributed by atoms with E-state index in [4.69, 9.17) is 0 Å². The highest BCUT2D eigenvalue weighted by Crippen LogP contribution is 2.32. The molecule has 2 aromatic carbocycles. The van der Waals surface area contributed by atoms with Gasteiger partial charge in [-0.1, -0.05) is 153 Å². The zero-order chi connectivity index (χ0) is 23.8. The summed E-state index contributed by atoms with van der Waals surface area (Å²) < 4.78 is 0. The van der Waals surface area contributed by atoms with Crippen LogP contribution in [0.4, 0.5) is 0 Å². The fourth-order valence-corrected chi connectivity index (χ4v) is 4.92. The van der Waals surface area contributed by atoms with Crippen LogP contribution in [0.15, 0.2) is 48.5 Å². The summed E-state index contributed by atoms with van der Waals surface area (Å²) in [5.41, 5.74) is 5.88. The fourth-order valence-electron chi connectivity index (χ4n) is 4.92. The van der Waals surface area contributed by atoms with Gasteiger partial charge in [0.25, 0.3) is 0 Å². The summed E-state index contributed by atoms with van der Waals surface area (Å²) in [7, 11) is 0. The van der Waals surface area contributed by atoms with Crippen LogP contribution in [0.5, 0.6) is 0 Å². The van der Waals surface area contributed by atoms with Gasteiger partial charge in [0.15, 0.2) is 0 Å². The first-order valence-electron chi connectivity index (χ1n) is 14.3. The third-order valence-electron chi connectivity index (χ3n) is 7.49. The molecule has 0 aliphatic carbocycles. The van der Waals surface area contributed by atoms with Gasteiger partial charge in [0, 0.05) is 5.41 Å². The monoisotopic (exact) mass is 448 g/mol. The van der Waals surface area contributed by atoms with Crippen molar-refractivity contribution in [1.82, 2.24) is 0 Å². The molecule has 2 rings (SSSR count). The van der Waals surface area contributed by atoms with E-state index in [0.717, 1.165) is 0 Å². The van der Waals surface area contributed by atoms with Crippen LogP contribution >= 0.6 is 0 Å². The number of hydrogen-bond donors (Lipinski definition) is 0. The van der Waals surface area contributed by atoms with Gasteiger partial charge in [-0.15, -0.1) is 0 Å². The second-order valence-electron chi connectivity index (χ2n) is 10.8. The Hall–Kier alpha value is -1.56.